The van der Waals surface area contributed by atoms with Crippen LogP contribution in [-0.4, -0.2) is 53.8 Å². The molecule has 0 radical (unpaired) electrons. The van der Waals surface area contributed by atoms with Gasteiger partial charge in [-0.25, -0.2) is 24.8 Å². The molecule has 10 rings (SSSR count). The molecule has 300 valence electrons. The summed E-state index contributed by atoms with van der Waals surface area (Å²) in [7, 11) is -9.28. The Morgan fingerprint density at radius 1 is 0.517 bits per heavy atom. The number of carbonyl (C=O) groups is 2. The molecule has 0 saturated heterocycles. The molecule has 0 aliphatic carbocycles. The lowest BCUT2D eigenvalue weighted by Crippen LogP contribution is -2.29. The summed E-state index contributed by atoms with van der Waals surface area (Å²) >= 11 is 3.33. The number of halogens is 1. The maximum atomic E-state index is 13.3. The topological polar surface area (TPSA) is 177 Å². The van der Waals surface area contributed by atoms with Crippen LogP contribution in [0.15, 0.2) is 172 Å². The highest BCUT2D eigenvalue weighted by Gasteiger charge is 2.28. The van der Waals surface area contributed by atoms with Gasteiger partial charge in [-0.15, -0.1) is 0 Å². The molecule has 0 saturated carbocycles. The van der Waals surface area contributed by atoms with Gasteiger partial charge in [0.15, 0.2) is 0 Å². The van der Waals surface area contributed by atoms with Crippen molar-refractivity contribution in [1.29, 1.82) is 0 Å². The van der Waals surface area contributed by atoms with Crippen molar-refractivity contribution < 1.29 is 36.5 Å². The summed E-state index contributed by atoms with van der Waals surface area (Å²) < 4.78 is 55.2. The summed E-state index contributed by atoms with van der Waals surface area (Å²) in [6.07, 6.45) is 2.87. The summed E-state index contributed by atoms with van der Waals surface area (Å²) in [5.41, 5.74) is 6.01. The Morgan fingerprint density at radius 3 is 1.55 bits per heavy atom. The van der Waals surface area contributed by atoms with Crippen molar-refractivity contribution in [2.45, 2.75) is 22.9 Å². The van der Waals surface area contributed by atoms with Gasteiger partial charge in [0.2, 0.25) is 0 Å². The summed E-state index contributed by atoms with van der Waals surface area (Å²) in [6, 6.07) is 41.8. The number of rotatable bonds is 6. The highest BCUT2D eigenvalue weighted by Crippen LogP contribution is 2.37. The van der Waals surface area contributed by atoms with E-state index in [1.54, 1.807) is 85.1 Å². The maximum absolute atomic E-state index is 13.3. The molecule has 2 aromatic heterocycles. The van der Waals surface area contributed by atoms with Crippen molar-refractivity contribution in [2.24, 2.45) is 0 Å². The molecule has 12 nitrogen and oxygen atoms in total. The molecule has 2 aliphatic heterocycles. The lowest BCUT2D eigenvalue weighted by molar-refractivity contribution is 0.0957. The second kappa shape index (κ2) is 16.4. The number of nitrogens with zero attached hydrogens (tertiary/aromatic N) is 2. The van der Waals surface area contributed by atoms with Crippen LogP contribution in [0.3, 0.4) is 0 Å². The van der Waals surface area contributed by atoms with E-state index >= 15 is 0 Å². The van der Waals surface area contributed by atoms with Crippen LogP contribution in [0.4, 0.5) is 0 Å². The first-order valence-electron chi connectivity index (χ1n) is 18.5. The third-order valence-electron chi connectivity index (χ3n) is 10.1. The van der Waals surface area contributed by atoms with Gasteiger partial charge in [-0.3, -0.25) is 9.59 Å². The Bertz CT molecular complexity index is 3170. The molecule has 0 atom stereocenters. The van der Waals surface area contributed by atoms with Crippen LogP contribution >= 0.6 is 15.9 Å². The second-order valence-electron chi connectivity index (χ2n) is 13.7. The van der Waals surface area contributed by atoms with Crippen LogP contribution in [0.2, 0.25) is 0 Å². The number of hydrogen-bond acceptors (Lipinski definition) is 8. The summed E-state index contributed by atoms with van der Waals surface area (Å²) in [6.45, 7) is 1.15. The molecule has 0 fully saturated rings. The minimum Gasteiger partial charge on any atom is -0.423 e. The molecule has 4 N–H and O–H groups in total. The standard InChI is InChI=1S/C22H16N2O3S.C14H12BNO4S.C8H6BrNO/c25-22-21-15(13-23-22)7-6-11-18(21)19-14-24(20-12-5-4-10-17(19)20)28(26,27)16-8-2-1-3-9-16;17-15(18)13-10-16(14-9-5-4-8-12(13)14)21(19,20)11-6-2-1-3-7-11;9-6-3-1-2-5-4-10-8(11)7(5)6/h1-12,14H,13H2,(H,23,25);1-10,17-18H;1-3H,4H2,(H,10,11). The minimum absolute atomic E-state index is 0.0208. The van der Waals surface area contributed by atoms with Crippen molar-refractivity contribution in [1.82, 2.24) is 18.6 Å². The molecule has 8 aromatic rings. The first-order chi connectivity index (χ1) is 28.9. The molecule has 2 aliphatic rings. The van der Waals surface area contributed by atoms with Crippen LogP contribution in [0.25, 0.3) is 32.9 Å². The van der Waals surface area contributed by atoms with Crippen LogP contribution in [0, 0.1) is 0 Å². The predicted octanol–water partition coefficient (Wildman–Crippen LogP) is 6.04. The van der Waals surface area contributed by atoms with E-state index < -0.39 is 27.2 Å². The number of nitrogens with one attached hydrogen (secondary N) is 2. The Labute approximate surface area is 354 Å². The van der Waals surface area contributed by atoms with E-state index in [1.165, 1.54) is 22.3 Å². The number of aromatic nitrogens is 2. The number of benzene rings is 6. The molecule has 16 heteroatoms. The summed E-state index contributed by atoms with van der Waals surface area (Å²) in [5.74, 6) is -0.110. The number of para-hydroxylation sites is 2. The van der Waals surface area contributed by atoms with Gasteiger partial charge in [-0.2, -0.15) is 0 Å². The van der Waals surface area contributed by atoms with E-state index in [9.17, 15) is 36.5 Å². The van der Waals surface area contributed by atoms with Gasteiger partial charge in [0.25, 0.3) is 31.9 Å². The van der Waals surface area contributed by atoms with Crippen molar-refractivity contribution in [3.63, 3.8) is 0 Å². The average molecular weight is 902 g/mol. The fourth-order valence-corrected chi connectivity index (χ4v) is 10.7. The number of amides is 2. The third-order valence-corrected chi connectivity index (χ3v) is 14.2. The Balaban J connectivity index is 0.000000137. The van der Waals surface area contributed by atoms with Crippen LogP contribution in [0.5, 0.6) is 0 Å². The van der Waals surface area contributed by atoms with E-state index in [0.29, 0.717) is 35.1 Å². The number of carbonyl (C=O) groups excluding carboxylic acids is 2. The van der Waals surface area contributed by atoms with E-state index in [2.05, 4.69) is 26.6 Å². The van der Waals surface area contributed by atoms with Gasteiger partial charge in [0.1, 0.15) is 0 Å². The van der Waals surface area contributed by atoms with Crippen molar-refractivity contribution in [2.75, 3.05) is 0 Å². The van der Waals surface area contributed by atoms with Crippen molar-refractivity contribution >= 4 is 82.2 Å². The second-order valence-corrected chi connectivity index (χ2v) is 18.2. The number of hydrogen-bond donors (Lipinski definition) is 4. The molecular weight excluding hydrogens is 867 g/mol. The average Bonchev–Trinajstić information content (AvgIpc) is 4.06. The highest BCUT2D eigenvalue weighted by atomic mass is 79.9. The summed E-state index contributed by atoms with van der Waals surface area (Å²) in [5, 5.41) is 25.7. The first kappa shape index (κ1) is 40.5. The van der Waals surface area contributed by atoms with Crippen molar-refractivity contribution in [3.05, 3.63) is 185 Å². The molecular formula is C44H34BBrN4O8S2. The van der Waals surface area contributed by atoms with Gasteiger partial charge in [-0.05, 0) is 75.1 Å². The largest absolute Gasteiger partial charge is 0.490 e. The lowest BCUT2D eigenvalue weighted by atomic mass is 9.80. The fourth-order valence-electron chi connectivity index (χ4n) is 7.29. The Hall–Kier alpha value is -6.30. The van der Waals surface area contributed by atoms with Gasteiger partial charge < -0.3 is 20.7 Å². The van der Waals surface area contributed by atoms with Gasteiger partial charge >= 0.3 is 7.12 Å². The third kappa shape index (κ3) is 7.44. The first-order valence-corrected chi connectivity index (χ1v) is 22.2. The van der Waals surface area contributed by atoms with Crippen LogP contribution < -0.4 is 16.1 Å². The SMILES string of the molecule is O=C1NCc2cccc(-c3cn(S(=O)(=O)c4ccccc4)c4ccccc34)c21.O=C1NCc2cccc(Br)c21.O=S(=O)(c1ccccc1)n1cc(B(O)O)c2ccccc21. The zero-order chi connectivity index (χ0) is 42.2. The predicted molar refractivity (Wildman–Crippen MR) is 234 cm³/mol. The van der Waals surface area contributed by atoms with Crippen LogP contribution in [0.1, 0.15) is 31.8 Å². The Kier molecular flexibility index (Phi) is 11.1. The molecule has 6 aromatic carbocycles. The van der Waals surface area contributed by atoms with E-state index in [-0.39, 0.29) is 27.1 Å². The Morgan fingerprint density at radius 2 is 0.983 bits per heavy atom. The molecule has 0 bridgehead atoms. The van der Waals surface area contributed by atoms with Gasteiger partial charge in [-0.1, -0.05) is 103 Å². The van der Waals surface area contributed by atoms with Gasteiger partial charge in [0, 0.05) is 51.8 Å². The van der Waals surface area contributed by atoms with E-state index in [1.807, 2.05) is 54.6 Å². The molecule has 0 unspecified atom stereocenters. The fraction of sp³-hybridized carbons (Fsp3) is 0.0455. The van der Waals surface area contributed by atoms with Crippen molar-refractivity contribution in [3.8, 4) is 11.1 Å². The van der Waals surface area contributed by atoms with Gasteiger partial charge in [0.05, 0.1) is 32.0 Å². The quantitative estimate of drug-likeness (QED) is 0.146. The molecule has 0 spiro atoms. The molecule has 60 heavy (non-hydrogen) atoms. The lowest BCUT2D eigenvalue weighted by Gasteiger charge is -2.07. The maximum Gasteiger partial charge on any atom is 0.490 e. The smallest absolute Gasteiger partial charge is 0.423 e. The zero-order valence-corrected chi connectivity index (χ0v) is 34.7. The van der Waals surface area contributed by atoms with Crippen LogP contribution in [-0.2, 0) is 33.1 Å². The summed E-state index contributed by atoms with van der Waals surface area (Å²) in [4.78, 5) is 23.9. The monoisotopic (exact) mass is 900 g/mol. The van der Waals surface area contributed by atoms with E-state index in [4.69, 9.17) is 0 Å². The molecule has 4 heterocycles. The molecule has 2 amide bonds. The highest BCUT2D eigenvalue weighted by molar-refractivity contribution is 9.10. The minimum atomic E-state index is -3.78. The van der Waals surface area contributed by atoms with E-state index in [0.717, 1.165) is 41.6 Å². The normalized spacial score (nSPS) is 13.1. The zero-order valence-electron chi connectivity index (χ0n) is 31.4. The number of fused-ring (bicyclic) bond motifs is 4.